The molecule has 1 aliphatic rings. The van der Waals surface area contributed by atoms with E-state index in [2.05, 4.69) is 20.2 Å². The zero-order valence-corrected chi connectivity index (χ0v) is 15.5. The van der Waals surface area contributed by atoms with Gasteiger partial charge in [0.25, 0.3) is 5.56 Å². The van der Waals surface area contributed by atoms with Gasteiger partial charge in [-0.1, -0.05) is 16.8 Å². The number of carbonyl (C=O) groups excluding carboxylic acids is 1. The summed E-state index contributed by atoms with van der Waals surface area (Å²) in [5, 5.41) is 8.32. The third kappa shape index (κ3) is 3.37. The first-order valence-corrected chi connectivity index (χ1v) is 8.94. The Kier molecular flexibility index (Phi) is 4.53. The van der Waals surface area contributed by atoms with Gasteiger partial charge in [0.15, 0.2) is 11.2 Å². The van der Waals surface area contributed by atoms with Gasteiger partial charge in [-0.2, -0.15) is 0 Å². The summed E-state index contributed by atoms with van der Waals surface area (Å²) in [4.78, 5) is 33.2. The highest BCUT2D eigenvalue weighted by Gasteiger charge is 2.22. The van der Waals surface area contributed by atoms with Crippen molar-refractivity contribution in [3.63, 3.8) is 0 Å². The lowest BCUT2D eigenvalue weighted by Crippen LogP contribution is -2.50. The first-order chi connectivity index (χ1) is 13.0. The van der Waals surface area contributed by atoms with Crippen molar-refractivity contribution in [3.8, 4) is 0 Å². The molecular formula is C17H18ClN7O2. The first-order valence-electron chi connectivity index (χ1n) is 8.56. The van der Waals surface area contributed by atoms with Gasteiger partial charge in [0.1, 0.15) is 12.9 Å². The maximum atomic E-state index is 12.6. The largest absolute Gasteiger partial charge is 0.368 e. The molecule has 10 heteroatoms. The highest BCUT2D eigenvalue weighted by molar-refractivity contribution is 6.30. The van der Waals surface area contributed by atoms with Crippen molar-refractivity contribution in [2.24, 2.45) is 7.05 Å². The van der Waals surface area contributed by atoms with E-state index in [1.54, 1.807) is 11.9 Å². The minimum absolute atomic E-state index is 0.0563. The van der Waals surface area contributed by atoms with Crippen molar-refractivity contribution in [1.29, 1.82) is 0 Å². The Hall–Kier alpha value is -2.94. The summed E-state index contributed by atoms with van der Waals surface area (Å²) < 4.78 is 2.71. The molecule has 9 nitrogen and oxygen atoms in total. The van der Waals surface area contributed by atoms with Crippen LogP contribution in [0.25, 0.3) is 11.2 Å². The number of hydrogen-bond acceptors (Lipinski definition) is 6. The van der Waals surface area contributed by atoms with E-state index < -0.39 is 0 Å². The van der Waals surface area contributed by atoms with E-state index in [1.807, 2.05) is 24.3 Å². The van der Waals surface area contributed by atoms with Crippen molar-refractivity contribution in [1.82, 2.24) is 29.4 Å². The molecule has 1 aromatic carbocycles. The second-order valence-electron chi connectivity index (χ2n) is 6.41. The zero-order valence-electron chi connectivity index (χ0n) is 14.7. The summed E-state index contributed by atoms with van der Waals surface area (Å²) in [7, 11) is 1.66. The smallest absolute Gasteiger partial charge is 0.283 e. The van der Waals surface area contributed by atoms with Crippen LogP contribution in [-0.2, 0) is 18.4 Å². The predicted molar refractivity (Wildman–Crippen MR) is 101 cm³/mol. The number of benzene rings is 1. The number of rotatable bonds is 3. The second kappa shape index (κ2) is 6.99. The monoisotopic (exact) mass is 387 g/mol. The predicted octanol–water partition coefficient (Wildman–Crippen LogP) is 0.527. The van der Waals surface area contributed by atoms with Crippen LogP contribution >= 0.6 is 11.6 Å². The number of amides is 1. The van der Waals surface area contributed by atoms with Crippen LogP contribution in [0.5, 0.6) is 0 Å². The lowest BCUT2D eigenvalue weighted by Gasteiger charge is -2.36. The van der Waals surface area contributed by atoms with Crippen molar-refractivity contribution < 1.29 is 4.79 Å². The molecule has 1 saturated heterocycles. The van der Waals surface area contributed by atoms with E-state index >= 15 is 0 Å². The Morgan fingerprint density at radius 1 is 1.15 bits per heavy atom. The van der Waals surface area contributed by atoms with Gasteiger partial charge in [-0.15, -0.1) is 5.10 Å². The van der Waals surface area contributed by atoms with Crippen LogP contribution in [0.4, 0.5) is 5.69 Å². The van der Waals surface area contributed by atoms with Gasteiger partial charge in [0, 0.05) is 43.9 Å². The third-order valence-electron chi connectivity index (χ3n) is 4.71. The van der Waals surface area contributed by atoms with Crippen LogP contribution in [-0.4, -0.2) is 61.5 Å². The Morgan fingerprint density at radius 3 is 2.56 bits per heavy atom. The molecule has 1 fully saturated rings. The number of anilines is 1. The van der Waals surface area contributed by atoms with Crippen LogP contribution in [0.3, 0.4) is 0 Å². The molecular weight excluding hydrogens is 370 g/mol. The molecule has 0 saturated carbocycles. The van der Waals surface area contributed by atoms with Crippen LogP contribution < -0.4 is 10.5 Å². The molecule has 0 unspecified atom stereocenters. The Morgan fingerprint density at radius 2 is 1.85 bits per heavy atom. The van der Waals surface area contributed by atoms with E-state index in [1.165, 1.54) is 15.6 Å². The maximum absolute atomic E-state index is 12.6. The molecule has 2 aromatic heterocycles. The summed E-state index contributed by atoms with van der Waals surface area (Å²) >= 11 is 5.93. The normalized spacial score (nSPS) is 14.7. The second-order valence-corrected chi connectivity index (χ2v) is 6.84. The van der Waals surface area contributed by atoms with Gasteiger partial charge in [0.2, 0.25) is 5.91 Å². The Labute approximate surface area is 159 Å². The van der Waals surface area contributed by atoms with Gasteiger partial charge >= 0.3 is 0 Å². The number of nitrogens with zero attached hydrogens (tertiary/aromatic N) is 7. The third-order valence-corrected chi connectivity index (χ3v) is 4.96. The summed E-state index contributed by atoms with van der Waals surface area (Å²) in [6.45, 7) is 2.58. The molecule has 1 aliphatic heterocycles. The molecule has 0 N–H and O–H groups in total. The lowest BCUT2D eigenvalue weighted by molar-refractivity contribution is -0.132. The number of piperazine rings is 1. The summed E-state index contributed by atoms with van der Waals surface area (Å²) in [5.41, 5.74) is 1.29. The van der Waals surface area contributed by atoms with Crippen LogP contribution in [0.2, 0.25) is 5.02 Å². The summed E-state index contributed by atoms with van der Waals surface area (Å²) in [6, 6.07) is 7.66. The van der Waals surface area contributed by atoms with Crippen molar-refractivity contribution in [3.05, 3.63) is 46.0 Å². The van der Waals surface area contributed by atoms with Gasteiger partial charge < -0.3 is 9.80 Å². The maximum Gasteiger partial charge on any atom is 0.283 e. The number of aryl methyl sites for hydroxylation is 1. The molecule has 0 radical (unpaired) electrons. The van der Waals surface area contributed by atoms with Crippen molar-refractivity contribution >= 4 is 34.4 Å². The highest BCUT2D eigenvalue weighted by Crippen LogP contribution is 2.19. The number of carbonyl (C=O) groups is 1. The van der Waals surface area contributed by atoms with Crippen molar-refractivity contribution in [2.75, 3.05) is 31.1 Å². The Balaban J connectivity index is 1.42. The average molecular weight is 388 g/mol. The van der Waals surface area contributed by atoms with Gasteiger partial charge in [0.05, 0.1) is 0 Å². The van der Waals surface area contributed by atoms with Gasteiger partial charge in [-0.25, -0.2) is 9.67 Å². The SMILES string of the molecule is Cn1nnc2c(=O)n(CC(=O)N3CCN(c4ccc(Cl)cc4)CC3)cnc21. The molecule has 0 aliphatic carbocycles. The van der Waals surface area contributed by atoms with E-state index in [9.17, 15) is 9.59 Å². The minimum atomic E-state index is -0.360. The van der Waals surface area contributed by atoms with Crippen LogP contribution in [0, 0.1) is 0 Å². The average Bonchev–Trinajstić information content (AvgIpc) is 3.06. The quantitative estimate of drug-likeness (QED) is 0.651. The molecule has 0 bridgehead atoms. The van der Waals surface area contributed by atoms with Crippen LogP contribution in [0.1, 0.15) is 0 Å². The molecule has 27 heavy (non-hydrogen) atoms. The van der Waals surface area contributed by atoms with Crippen molar-refractivity contribution in [2.45, 2.75) is 6.54 Å². The topological polar surface area (TPSA) is 89.1 Å². The summed E-state index contributed by atoms with van der Waals surface area (Å²) in [5.74, 6) is -0.113. The van der Waals surface area contributed by atoms with Gasteiger partial charge in [-0.3, -0.25) is 14.2 Å². The minimum Gasteiger partial charge on any atom is -0.368 e. The Bertz CT molecular complexity index is 1040. The molecule has 1 amide bonds. The molecule has 0 atom stereocenters. The highest BCUT2D eigenvalue weighted by atomic mass is 35.5. The molecule has 140 valence electrons. The van der Waals surface area contributed by atoms with E-state index in [0.29, 0.717) is 23.8 Å². The van der Waals surface area contributed by atoms with E-state index in [4.69, 9.17) is 11.6 Å². The number of fused-ring (bicyclic) bond motifs is 1. The number of aromatic nitrogens is 5. The fourth-order valence-electron chi connectivity index (χ4n) is 3.17. The van der Waals surface area contributed by atoms with Crippen LogP contribution in [0.15, 0.2) is 35.4 Å². The number of halogens is 1. The standard InChI is InChI=1S/C17H18ClN7O2/c1-22-16-15(20-21-22)17(27)25(11-19-16)10-14(26)24-8-6-23(7-9-24)13-4-2-12(18)3-5-13/h2-5,11H,6-10H2,1H3. The fraction of sp³-hybridized carbons (Fsp3) is 0.353. The zero-order chi connectivity index (χ0) is 19.0. The first kappa shape index (κ1) is 17.5. The summed E-state index contributed by atoms with van der Waals surface area (Å²) in [6.07, 6.45) is 1.37. The molecule has 0 spiro atoms. The van der Waals surface area contributed by atoms with E-state index in [0.717, 1.165) is 18.8 Å². The number of hydrogen-bond donors (Lipinski definition) is 0. The van der Waals surface area contributed by atoms with E-state index in [-0.39, 0.29) is 23.5 Å². The molecule has 4 rings (SSSR count). The van der Waals surface area contributed by atoms with Gasteiger partial charge in [-0.05, 0) is 24.3 Å². The molecule has 3 aromatic rings. The fourth-order valence-corrected chi connectivity index (χ4v) is 3.30. The lowest BCUT2D eigenvalue weighted by atomic mass is 10.2. The molecule has 3 heterocycles.